The zero-order valence-electron chi connectivity index (χ0n) is 12.7. The second-order valence-corrected chi connectivity index (χ2v) is 5.59. The van der Waals surface area contributed by atoms with Crippen molar-refractivity contribution in [3.63, 3.8) is 0 Å². The molecule has 1 rings (SSSR count). The number of carbonyl (C=O) groups excluding carboxylic acids is 1. The van der Waals surface area contributed by atoms with Crippen molar-refractivity contribution in [1.82, 2.24) is 0 Å². The maximum absolute atomic E-state index is 10.9. The van der Waals surface area contributed by atoms with Crippen molar-refractivity contribution in [2.24, 2.45) is 0 Å². The van der Waals surface area contributed by atoms with E-state index in [1.165, 1.54) is 58.5 Å². The van der Waals surface area contributed by atoms with Crippen LogP contribution in [-0.4, -0.2) is 25.3 Å². The van der Waals surface area contributed by atoms with Gasteiger partial charge in [-0.1, -0.05) is 51.9 Å². The van der Waals surface area contributed by atoms with Crippen molar-refractivity contribution in [3.8, 4) is 0 Å². The Hall–Kier alpha value is -0.570. The van der Waals surface area contributed by atoms with Crippen LogP contribution < -0.4 is 0 Å². The molecule has 1 aliphatic heterocycles. The summed E-state index contributed by atoms with van der Waals surface area (Å²) >= 11 is 0. The highest BCUT2D eigenvalue weighted by Gasteiger charge is 2.36. The summed E-state index contributed by atoms with van der Waals surface area (Å²) in [5, 5.41) is 0. The predicted molar refractivity (Wildman–Crippen MR) is 77.1 cm³/mol. The van der Waals surface area contributed by atoms with Crippen molar-refractivity contribution >= 4 is 5.97 Å². The van der Waals surface area contributed by atoms with Gasteiger partial charge in [0.1, 0.15) is 0 Å². The minimum atomic E-state index is -0.0821. The van der Waals surface area contributed by atoms with Crippen LogP contribution in [0.2, 0.25) is 0 Å². The van der Waals surface area contributed by atoms with Crippen LogP contribution in [0.1, 0.15) is 77.6 Å². The Morgan fingerprint density at radius 1 is 0.947 bits per heavy atom. The van der Waals surface area contributed by atoms with Gasteiger partial charge in [-0.25, -0.2) is 0 Å². The SMILES string of the molecule is CCCCCC1OC1CCCCCCCC(=O)OC. The standard InChI is InChI=1S/C16H30O3/c1-3-4-8-11-14-15(19-14)12-9-6-5-7-10-13-16(17)18-2/h14-15H,3-13H2,1-2H3. The molecule has 0 aliphatic carbocycles. The molecule has 0 bridgehead atoms. The molecular weight excluding hydrogens is 240 g/mol. The summed E-state index contributed by atoms with van der Waals surface area (Å²) in [6, 6.07) is 0. The van der Waals surface area contributed by atoms with E-state index in [0.717, 1.165) is 12.8 Å². The van der Waals surface area contributed by atoms with Crippen LogP contribution in [0.3, 0.4) is 0 Å². The van der Waals surface area contributed by atoms with Crippen LogP contribution in [0.5, 0.6) is 0 Å². The first-order valence-corrected chi connectivity index (χ1v) is 8.00. The smallest absolute Gasteiger partial charge is 0.305 e. The van der Waals surface area contributed by atoms with Gasteiger partial charge < -0.3 is 9.47 Å². The second-order valence-electron chi connectivity index (χ2n) is 5.59. The topological polar surface area (TPSA) is 38.8 Å². The van der Waals surface area contributed by atoms with Gasteiger partial charge in [-0.15, -0.1) is 0 Å². The van der Waals surface area contributed by atoms with Crippen LogP contribution in [0.25, 0.3) is 0 Å². The minimum Gasteiger partial charge on any atom is -0.469 e. The minimum absolute atomic E-state index is 0.0821. The van der Waals surface area contributed by atoms with Crippen molar-refractivity contribution in [3.05, 3.63) is 0 Å². The van der Waals surface area contributed by atoms with Crippen molar-refractivity contribution in [2.45, 2.75) is 89.8 Å². The van der Waals surface area contributed by atoms with Crippen molar-refractivity contribution in [2.75, 3.05) is 7.11 Å². The molecule has 0 radical (unpaired) electrons. The number of rotatable bonds is 12. The lowest BCUT2D eigenvalue weighted by molar-refractivity contribution is -0.140. The lowest BCUT2D eigenvalue weighted by Crippen LogP contribution is -1.99. The van der Waals surface area contributed by atoms with Gasteiger partial charge in [0.05, 0.1) is 19.3 Å². The normalized spacial score (nSPS) is 21.4. The zero-order chi connectivity index (χ0) is 13.9. The highest BCUT2D eigenvalue weighted by Crippen LogP contribution is 2.31. The molecule has 0 N–H and O–H groups in total. The first-order valence-electron chi connectivity index (χ1n) is 8.00. The molecule has 2 unspecified atom stereocenters. The summed E-state index contributed by atoms with van der Waals surface area (Å²) in [6.45, 7) is 2.24. The number of hydrogen-bond acceptors (Lipinski definition) is 3. The summed E-state index contributed by atoms with van der Waals surface area (Å²) in [5.74, 6) is -0.0821. The summed E-state index contributed by atoms with van der Waals surface area (Å²) in [5.41, 5.74) is 0. The Morgan fingerprint density at radius 2 is 1.53 bits per heavy atom. The second kappa shape index (κ2) is 10.2. The number of hydrogen-bond donors (Lipinski definition) is 0. The molecule has 0 aromatic heterocycles. The van der Waals surface area contributed by atoms with E-state index in [0.29, 0.717) is 18.6 Å². The van der Waals surface area contributed by atoms with Gasteiger partial charge >= 0.3 is 5.97 Å². The van der Waals surface area contributed by atoms with Crippen molar-refractivity contribution < 1.29 is 14.3 Å². The fraction of sp³-hybridized carbons (Fsp3) is 0.938. The summed E-state index contributed by atoms with van der Waals surface area (Å²) in [4.78, 5) is 10.9. The van der Waals surface area contributed by atoms with Crippen molar-refractivity contribution in [1.29, 1.82) is 0 Å². The highest BCUT2D eigenvalue weighted by atomic mass is 16.6. The molecule has 3 heteroatoms. The summed E-state index contributed by atoms with van der Waals surface area (Å²) in [7, 11) is 1.45. The van der Waals surface area contributed by atoms with Gasteiger partial charge in [0, 0.05) is 6.42 Å². The first kappa shape index (κ1) is 16.5. The molecule has 2 atom stereocenters. The molecule has 1 heterocycles. The van der Waals surface area contributed by atoms with Gasteiger partial charge in [-0.2, -0.15) is 0 Å². The van der Waals surface area contributed by atoms with E-state index in [9.17, 15) is 4.79 Å². The number of ether oxygens (including phenoxy) is 2. The first-order chi connectivity index (χ1) is 9.27. The average Bonchev–Trinajstić information content (AvgIpc) is 3.16. The van der Waals surface area contributed by atoms with E-state index in [1.807, 2.05) is 0 Å². The molecule has 1 fully saturated rings. The number of carbonyl (C=O) groups is 1. The van der Waals surface area contributed by atoms with Gasteiger partial charge in [0.2, 0.25) is 0 Å². The molecule has 0 spiro atoms. The highest BCUT2D eigenvalue weighted by molar-refractivity contribution is 5.68. The third-order valence-corrected chi connectivity index (χ3v) is 3.88. The Kier molecular flexibility index (Phi) is 8.89. The number of epoxide rings is 1. The molecule has 1 aliphatic rings. The van der Waals surface area contributed by atoms with E-state index in [2.05, 4.69) is 11.7 Å². The van der Waals surface area contributed by atoms with E-state index in [1.54, 1.807) is 0 Å². The molecule has 0 aromatic carbocycles. The monoisotopic (exact) mass is 270 g/mol. The Bertz CT molecular complexity index is 240. The molecule has 19 heavy (non-hydrogen) atoms. The van der Waals surface area contributed by atoms with E-state index < -0.39 is 0 Å². The zero-order valence-corrected chi connectivity index (χ0v) is 12.7. The lowest BCUT2D eigenvalue weighted by atomic mass is 10.0. The Labute approximate surface area is 118 Å². The number of esters is 1. The molecule has 0 aromatic rings. The van der Waals surface area contributed by atoms with Gasteiger partial charge in [-0.05, 0) is 19.3 Å². The number of methoxy groups -OCH3 is 1. The quantitative estimate of drug-likeness (QED) is 0.302. The summed E-state index contributed by atoms with van der Waals surface area (Å²) < 4.78 is 10.3. The van der Waals surface area contributed by atoms with Crippen LogP contribution in [0.4, 0.5) is 0 Å². The fourth-order valence-corrected chi connectivity index (χ4v) is 2.53. The number of unbranched alkanes of at least 4 members (excludes halogenated alkanes) is 6. The molecule has 0 saturated carbocycles. The third-order valence-electron chi connectivity index (χ3n) is 3.88. The average molecular weight is 270 g/mol. The van der Waals surface area contributed by atoms with Crippen LogP contribution >= 0.6 is 0 Å². The molecule has 112 valence electrons. The molecular formula is C16H30O3. The van der Waals surface area contributed by atoms with Gasteiger partial charge in [0.15, 0.2) is 0 Å². The fourth-order valence-electron chi connectivity index (χ4n) is 2.53. The molecule has 3 nitrogen and oxygen atoms in total. The maximum atomic E-state index is 10.9. The van der Waals surface area contributed by atoms with Crippen LogP contribution in [0, 0.1) is 0 Å². The Balaban J connectivity index is 1.79. The summed E-state index contributed by atoms with van der Waals surface area (Å²) in [6.07, 6.45) is 14.0. The van der Waals surface area contributed by atoms with Crippen LogP contribution in [-0.2, 0) is 14.3 Å². The van der Waals surface area contributed by atoms with E-state index in [4.69, 9.17) is 4.74 Å². The maximum Gasteiger partial charge on any atom is 0.305 e. The van der Waals surface area contributed by atoms with Gasteiger partial charge in [-0.3, -0.25) is 4.79 Å². The van der Waals surface area contributed by atoms with Crippen LogP contribution in [0.15, 0.2) is 0 Å². The Morgan fingerprint density at radius 3 is 2.16 bits per heavy atom. The lowest BCUT2D eigenvalue weighted by Gasteiger charge is -2.00. The predicted octanol–water partition coefficient (Wildman–Crippen LogP) is 4.24. The van der Waals surface area contributed by atoms with E-state index >= 15 is 0 Å². The molecule has 0 amide bonds. The molecule has 1 saturated heterocycles. The largest absolute Gasteiger partial charge is 0.469 e. The van der Waals surface area contributed by atoms with Gasteiger partial charge in [0.25, 0.3) is 0 Å². The van der Waals surface area contributed by atoms with E-state index in [-0.39, 0.29) is 5.97 Å². The third kappa shape index (κ3) is 8.25.